The van der Waals surface area contributed by atoms with Gasteiger partial charge in [-0.3, -0.25) is 4.79 Å². The van der Waals surface area contributed by atoms with Crippen molar-refractivity contribution >= 4 is 5.91 Å². The Morgan fingerprint density at radius 2 is 1.83 bits per heavy atom. The van der Waals surface area contributed by atoms with Crippen LogP contribution in [0.2, 0.25) is 0 Å². The van der Waals surface area contributed by atoms with Crippen LogP contribution in [-0.4, -0.2) is 23.7 Å². The third kappa shape index (κ3) is 5.53. The molecule has 1 heterocycles. The summed E-state index contributed by atoms with van der Waals surface area (Å²) in [5.41, 5.74) is 0.526. The van der Waals surface area contributed by atoms with Crippen molar-refractivity contribution in [1.29, 1.82) is 0 Å². The molecule has 1 N–H and O–H groups in total. The number of ether oxygens (including phenoxy) is 1. The highest BCUT2D eigenvalue weighted by atomic mass is 19.4. The molecule has 0 unspecified atom stereocenters. The molecule has 0 aliphatic carbocycles. The lowest BCUT2D eigenvalue weighted by molar-refractivity contribution is -0.154. The van der Waals surface area contributed by atoms with E-state index in [2.05, 4.69) is 15.0 Å². The summed E-state index contributed by atoms with van der Waals surface area (Å²) in [7, 11) is 0. The number of carbonyl (C=O) groups is 1. The summed E-state index contributed by atoms with van der Waals surface area (Å²) in [6, 6.07) is 8.84. The number of hydrogen-bond acceptors (Lipinski definition) is 3. The molecule has 0 saturated carbocycles. The van der Waals surface area contributed by atoms with Gasteiger partial charge in [-0.1, -0.05) is 24.3 Å². The maximum atomic E-state index is 13.5. The Balaban J connectivity index is 1.94. The molecular weight excluding hydrogens is 328 g/mol. The van der Waals surface area contributed by atoms with Crippen molar-refractivity contribution in [3.05, 3.63) is 59.5 Å². The zero-order chi connectivity index (χ0) is 17.6. The largest absolute Gasteiger partial charge is 0.468 e. The van der Waals surface area contributed by atoms with Crippen molar-refractivity contribution in [1.82, 2.24) is 10.3 Å². The van der Waals surface area contributed by atoms with E-state index >= 15 is 0 Å². The number of aromatic nitrogens is 1. The standard InChI is InChI=1S/C16H14F4N2O2/c17-13-6-2-1-4-11(13)8-14(23)22-9-12-5-3-7-21-15(12)24-10-16(18,19)20/h1-7H,8-10H2,(H,22,23). The molecule has 1 aromatic carbocycles. The zero-order valence-corrected chi connectivity index (χ0v) is 12.4. The van der Waals surface area contributed by atoms with Crippen LogP contribution in [0.1, 0.15) is 11.1 Å². The van der Waals surface area contributed by atoms with E-state index < -0.39 is 24.5 Å². The van der Waals surface area contributed by atoms with Gasteiger partial charge in [0.15, 0.2) is 6.61 Å². The van der Waals surface area contributed by atoms with Crippen LogP contribution in [-0.2, 0) is 17.8 Å². The number of halogens is 4. The monoisotopic (exact) mass is 342 g/mol. The molecule has 0 fully saturated rings. The van der Waals surface area contributed by atoms with Gasteiger partial charge in [0.1, 0.15) is 5.82 Å². The highest BCUT2D eigenvalue weighted by molar-refractivity contribution is 5.78. The number of hydrogen-bond donors (Lipinski definition) is 1. The molecule has 128 valence electrons. The van der Waals surface area contributed by atoms with Crippen LogP contribution < -0.4 is 10.1 Å². The van der Waals surface area contributed by atoms with E-state index in [-0.39, 0.29) is 24.4 Å². The summed E-state index contributed by atoms with van der Waals surface area (Å²) in [6.45, 7) is -1.55. The van der Waals surface area contributed by atoms with Gasteiger partial charge in [0.25, 0.3) is 0 Å². The fraction of sp³-hybridized carbons (Fsp3) is 0.250. The minimum Gasteiger partial charge on any atom is -0.468 e. The summed E-state index contributed by atoms with van der Waals surface area (Å²) >= 11 is 0. The third-order valence-electron chi connectivity index (χ3n) is 3.01. The first-order chi connectivity index (χ1) is 11.3. The molecule has 0 radical (unpaired) electrons. The van der Waals surface area contributed by atoms with Crippen LogP contribution in [0.25, 0.3) is 0 Å². The molecule has 0 saturated heterocycles. The number of carbonyl (C=O) groups excluding carboxylic acids is 1. The van der Waals surface area contributed by atoms with Gasteiger partial charge in [-0.25, -0.2) is 9.37 Å². The summed E-state index contributed by atoms with van der Waals surface area (Å²) in [5, 5.41) is 2.51. The number of nitrogens with zero attached hydrogens (tertiary/aromatic N) is 1. The van der Waals surface area contributed by atoms with Gasteiger partial charge in [-0.2, -0.15) is 13.2 Å². The molecule has 0 atom stereocenters. The number of pyridine rings is 1. The second kappa shape index (κ2) is 7.76. The van der Waals surface area contributed by atoms with Crippen LogP contribution in [0.3, 0.4) is 0 Å². The molecule has 2 aromatic rings. The summed E-state index contributed by atoms with van der Waals surface area (Å²) < 4.78 is 54.7. The number of nitrogens with one attached hydrogen (secondary N) is 1. The van der Waals surface area contributed by atoms with E-state index in [0.717, 1.165) is 0 Å². The lowest BCUT2D eigenvalue weighted by Crippen LogP contribution is -2.26. The van der Waals surface area contributed by atoms with Crippen molar-refractivity contribution in [3.63, 3.8) is 0 Å². The van der Waals surface area contributed by atoms with Crippen molar-refractivity contribution in [3.8, 4) is 5.88 Å². The van der Waals surface area contributed by atoms with Gasteiger partial charge in [0, 0.05) is 18.3 Å². The Bertz CT molecular complexity index is 704. The van der Waals surface area contributed by atoms with Crippen molar-refractivity contribution in [2.75, 3.05) is 6.61 Å². The molecule has 8 heteroatoms. The molecule has 0 aliphatic heterocycles. The first kappa shape index (κ1) is 17.7. The Morgan fingerprint density at radius 1 is 1.12 bits per heavy atom. The molecule has 4 nitrogen and oxygen atoms in total. The van der Waals surface area contributed by atoms with E-state index in [1.165, 1.54) is 36.5 Å². The van der Waals surface area contributed by atoms with Crippen LogP contribution in [0, 0.1) is 5.82 Å². The lowest BCUT2D eigenvalue weighted by Gasteiger charge is -2.12. The zero-order valence-electron chi connectivity index (χ0n) is 12.4. The molecular formula is C16H14F4N2O2. The average Bonchev–Trinajstić information content (AvgIpc) is 2.53. The Morgan fingerprint density at radius 3 is 2.54 bits per heavy atom. The van der Waals surface area contributed by atoms with Gasteiger partial charge < -0.3 is 10.1 Å². The van der Waals surface area contributed by atoms with E-state index in [0.29, 0.717) is 5.56 Å². The predicted octanol–water partition coefficient (Wildman–Crippen LogP) is 3.02. The van der Waals surface area contributed by atoms with Crippen molar-refractivity contribution in [2.45, 2.75) is 19.1 Å². The van der Waals surface area contributed by atoms with Crippen LogP contribution in [0.4, 0.5) is 17.6 Å². The minimum absolute atomic E-state index is 0.0751. The minimum atomic E-state index is -4.48. The smallest absolute Gasteiger partial charge is 0.422 e. The summed E-state index contributed by atoms with van der Waals surface area (Å²) in [6.07, 6.45) is -3.37. The lowest BCUT2D eigenvalue weighted by atomic mass is 10.1. The van der Waals surface area contributed by atoms with E-state index in [1.807, 2.05) is 0 Å². The van der Waals surface area contributed by atoms with Crippen molar-refractivity contribution < 1.29 is 27.1 Å². The van der Waals surface area contributed by atoms with Crippen LogP contribution in [0.5, 0.6) is 5.88 Å². The first-order valence-electron chi connectivity index (χ1n) is 6.99. The van der Waals surface area contributed by atoms with E-state index in [9.17, 15) is 22.4 Å². The Kier molecular flexibility index (Phi) is 5.73. The average molecular weight is 342 g/mol. The predicted molar refractivity (Wildman–Crippen MR) is 77.7 cm³/mol. The summed E-state index contributed by atoms with van der Waals surface area (Å²) in [4.78, 5) is 15.6. The fourth-order valence-corrected chi connectivity index (χ4v) is 1.91. The Labute approximate surface area is 135 Å². The maximum absolute atomic E-state index is 13.5. The first-order valence-corrected chi connectivity index (χ1v) is 6.99. The molecule has 1 amide bonds. The molecule has 0 spiro atoms. The van der Waals surface area contributed by atoms with Crippen LogP contribution >= 0.6 is 0 Å². The third-order valence-corrected chi connectivity index (χ3v) is 3.01. The van der Waals surface area contributed by atoms with Crippen molar-refractivity contribution in [2.24, 2.45) is 0 Å². The second-order valence-corrected chi connectivity index (χ2v) is 4.92. The quantitative estimate of drug-likeness (QED) is 0.821. The normalized spacial score (nSPS) is 11.2. The van der Waals surface area contributed by atoms with Gasteiger partial charge in [0.2, 0.25) is 11.8 Å². The number of rotatable bonds is 6. The van der Waals surface area contributed by atoms with Gasteiger partial charge >= 0.3 is 6.18 Å². The summed E-state index contributed by atoms with van der Waals surface area (Å²) in [5.74, 6) is -1.17. The van der Waals surface area contributed by atoms with E-state index in [4.69, 9.17) is 0 Å². The highest BCUT2D eigenvalue weighted by Crippen LogP contribution is 2.19. The molecule has 0 aliphatic rings. The molecule has 2 rings (SSSR count). The van der Waals surface area contributed by atoms with Crippen LogP contribution in [0.15, 0.2) is 42.6 Å². The number of alkyl halides is 3. The maximum Gasteiger partial charge on any atom is 0.422 e. The fourth-order valence-electron chi connectivity index (χ4n) is 1.91. The number of amides is 1. The van der Waals surface area contributed by atoms with E-state index in [1.54, 1.807) is 6.07 Å². The molecule has 24 heavy (non-hydrogen) atoms. The Hall–Kier alpha value is -2.64. The van der Waals surface area contributed by atoms with Gasteiger partial charge in [-0.15, -0.1) is 0 Å². The second-order valence-electron chi connectivity index (χ2n) is 4.92. The number of benzene rings is 1. The highest BCUT2D eigenvalue weighted by Gasteiger charge is 2.29. The van der Waals surface area contributed by atoms with Gasteiger partial charge in [-0.05, 0) is 17.7 Å². The topological polar surface area (TPSA) is 51.2 Å². The molecule has 0 bridgehead atoms. The van der Waals surface area contributed by atoms with Gasteiger partial charge in [0.05, 0.1) is 6.42 Å². The SMILES string of the molecule is O=C(Cc1ccccc1F)NCc1cccnc1OCC(F)(F)F. The molecule has 1 aromatic heterocycles.